The number of sulfonamides is 1. The van der Waals surface area contributed by atoms with Gasteiger partial charge in [-0.05, 0) is 47.4 Å². The minimum atomic E-state index is -3.68. The van der Waals surface area contributed by atoms with Gasteiger partial charge in [-0.3, -0.25) is 4.79 Å². The van der Waals surface area contributed by atoms with E-state index in [-0.39, 0.29) is 29.0 Å². The highest BCUT2D eigenvalue weighted by molar-refractivity contribution is 9.10. The summed E-state index contributed by atoms with van der Waals surface area (Å²) >= 11 is 3.25. The number of rotatable bonds is 6. The van der Waals surface area contributed by atoms with Gasteiger partial charge in [0.25, 0.3) is 0 Å². The van der Waals surface area contributed by atoms with Gasteiger partial charge in [-0.25, -0.2) is 13.1 Å². The Kier molecular flexibility index (Phi) is 6.67. The van der Waals surface area contributed by atoms with Crippen LogP contribution in [0.4, 0.5) is 5.69 Å². The first-order valence-corrected chi connectivity index (χ1v) is 10.7. The van der Waals surface area contributed by atoms with Gasteiger partial charge >= 0.3 is 0 Å². The van der Waals surface area contributed by atoms with Gasteiger partial charge in [-0.1, -0.05) is 42.8 Å². The number of benzene rings is 2. The van der Waals surface area contributed by atoms with Gasteiger partial charge in [0.15, 0.2) is 0 Å². The van der Waals surface area contributed by atoms with E-state index in [1.54, 1.807) is 24.3 Å². The summed E-state index contributed by atoms with van der Waals surface area (Å²) in [7, 11) is -3.68. The van der Waals surface area contributed by atoms with Gasteiger partial charge in [0.05, 0.1) is 10.6 Å². The molecule has 146 valence electrons. The van der Waals surface area contributed by atoms with Gasteiger partial charge in [0, 0.05) is 17.4 Å². The highest BCUT2D eigenvalue weighted by atomic mass is 79.9. The number of hydrogen-bond donors (Lipinski definition) is 3. The Morgan fingerprint density at radius 1 is 1.11 bits per heavy atom. The van der Waals surface area contributed by atoms with Crippen molar-refractivity contribution >= 4 is 37.5 Å². The molecule has 0 aromatic heterocycles. The number of nitrogens with one attached hydrogen (secondary N) is 2. The second-order valence-electron chi connectivity index (χ2n) is 7.13. The highest BCUT2D eigenvalue weighted by Gasteiger charge is 2.17. The molecule has 0 saturated carbocycles. The first kappa shape index (κ1) is 21.4. The lowest BCUT2D eigenvalue weighted by atomic mass is 9.87. The number of hydrogen-bond acceptors (Lipinski definition) is 4. The molecule has 0 heterocycles. The first-order chi connectivity index (χ1) is 12.5. The van der Waals surface area contributed by atoms with E-state index in [9.17, 15) is 18.3 Å². The van der Waals surface area contributed by atoms with E-state index in [0.29, 0.717) is 5.69 Å². The predicted molar refractivity (Wildman–Crippen MR) is 109 cm³/mol. The molecule has 6 nitrogen and oxygen atoms in total. The standard InChI is InChI=1S/C19H23BrN2O4S/c1-19(2,3)13-4-9-17(23)16(12-13)22-18(24)10-11-21-27(25,26)15-7-5-14(20)6-8-15/h4-9,12,21,23H,10-11H2,1-3H3,(H,22,24). The van der Waals surface area contributed by atoms with Crippen LogP contribution in [0.2, 0.25) is 0 Å². The van der Waals surface area contributed by atoms with Crippen molar-refractivity contribution in [3.8, 4) is 5.75 Å². The molecule has 0 aliphatic rings. The second kappa shape index (κ2) is 8.41. The zero-order chi connectivity index (χ0) is 20.2. The quantitative estimate of drug-likeness (QED) is 0.578. The van der Waals surface area contributed by atoms with Crippen LogP contribution in [0.1, 0.15) is 32.8 Å². The molecule has 0 fully saturated rings. The van der Waals surface area contributed by atoms with Crippen LogP contribution < -0.4 is 10.0 Å². The van der Waals surface area contributed by atoms with Crippen molar-refractivity contribution in [3.63, 3.8) is 0 Å². The Morgan fingerprint density at radius 3 is 2.33 bits per heavy atom. The molecule has 27 heavy (non-hydrogen) atoms. The van der Waals surface area contributed by atoms with E-state index in [1.807, 2.05) is 20.8 Å². The van der Waals surface area contributed by atoms with Crippen molar-refractivity contribution in [2.75, 3.05) is 11.9 Å². The zero-order valence-corrected chi connectivity index (χ0v) is 17.8. The summed E-state index contributed by atoms with van der Waals surface area (Å²) in [4.78, 5) is 12.3. The number of amides is 1. The number of phenolic OH excluding ortho intramolecular Hbond substituents is 1. The van der Waals surface area contributed by atoms with Gasteiger partial charge in [0.1, 0.15) is 5.75 Å². The Morgan fingerprint density at radius 2 is 1.74 bits per heavy atom. The van der Waals surface area contributed by atoms with Crippen LogP contribution in [0.25, 0.3) is 0 Å². The molecule has 0 aliphatic carbocycles. The SMILES string of the molecule is CC(C)(C)c1ccc(O)c(NC(=O)CCNS(=O)(=O)c2ccc(Br)cc2)c1. The Balaban J connectivity index is 1.96. The minimum Gasteiger partial charge on any atom is -0.506 e. The number of anilines is 1. The summed E-state index contributed by atoms with van der Waals surface area (Å²) in [5.74, 6) is -0.429. The van der Waals surface area contributed by atoms with Gasteiger partial charge in [0.2, 0.25) is 15.9 Å². The van der Waals surface area contributed by atoms with Crippen LogP contribution in [0.3, 0.4) is 0 Å². The lowest BCUT2D eigenvalue weighted by molar-refractivity contribution is -0.116. The fourth-order valence-corrected chi connectivity index (χ4v) is 3.61. The third-order valence-electron chi connectivity index (χ3n) is 3.90. The fourth-order valence-electron chi connectivity index (χ4n) is 2.31. The highest BCUT2D eigenvalue weighted by Crippen LogP contribution is 2.30. The van der Waals surface area contributed by atoms with E-state index in [0.717, 1.165) is 10.0 Å². The van der Waals surface area contributed by atoms with E-state index < -0.39 is 15.9 Å². The van der Waals surface area contributed by atoms with E-state index in [1.165, 1.54) is 18.2 Å². The zero-order valence-electron chi connectivity index (χ0n) is 15.4. The smallest absolute Gasteiger partial charge is 0.240 e. The van der Waals surface area contributed by atoms with Crippen LogP contribution in [-0.4, -0.2) is 26.0 Å². The largest absolute Gasteiger partial charge is 0.506 e. The van der Waals surface area contributed by atoms with Crippen molar-refractivity contribution in [2.45, 2.75) is 37.5 Å². The third-order valence-corrected chi connectivity index (χ3v) is 5.91. The summed E-state index contributed by atoms with van der Waals surface area (Å²) in [6.45, 7) is 6.04. The summed E-state index contributed by atoms with van der Waals surface area (Å²) < 4.78 is 27.6. The first-order valence-electron chi connectivity index (χ1n) is 8.37. The normalized spacial score (nSPS) is 12.0. The third kappa shape index (κ3) is 6.05. The van der Waals surface area contributed by atoms with Crippen LogP contribution in [0, 0.1) is 0 Å². The van der Waals surface area contributed by atoms with Crippen molar-refractivity contribution < 1.29 is 18.3 Å². The Labute approximate surface area is 168 Å². The summed E-state index contributed by atoms with van der Waals surface area (Å²) in [6.07, 6.45) is -0.0606. The lowest BCUT2D eigenvalue weighted by Crippen LogP contribution is -2.27. The van der Waals surface area contributed by atoms with Crippen LogP contribution in [-0.2, 0) is 20.2 Å². The molecule has 2 rings (SSSR count). The van der Waals surface area contributed by atoms with E-state index in [2.05, 4.69) is 26.0 Å². The molecular weight excluding hydrogens is 432 g/mol. The molecule has 0 atom stereocenters. The molecule has 0 bridgehead atoms. The molecule has 1 amide bonds. The number of halogens is 1. The van der Waals surface area contributed by atoms with Gasteiger partial charge < -0.3 is 10.4 Å². The minimum absolute atomic E-state index is 0.0354. The van der Waals surface area contributed by atoms with Crippen molar-refractivity contribution in [1.29, 1.82) is 0 Å². The molecular formula is C19H23BrN2O4S. The van der Waals surface area contributed by atoms with Crippen molar-refractivity contribution in [3.05, 3.63) is 52.5 Å². The molecule has 0 saturated heterocycles. The summed E-state index contributed by atoms with van der Waals surface area (Å²) in [5.41, 5.74) is 1.14. The average molecular weight is 455 g/mol. The molecule has 8 heteroatoms. The maximum absolute atomic E-state index is 12.2. The Hall–Kier alpha value is -1.90. The topological polar surface area (TPSA) is 95.5 Å². The van der Waals surface area contributed by atoms with Crippen LogP contribution >= 0.6 is 15.9 Å². The number of aromatic hydroxyl groups is 1. The maximum atomic E-state index is 12.2. The van der Waals surface area contributed by atoms with E-state index in [4.69, 9.17) is 0 Å². The van der Waals surface area contributed by atoms with Crippen LogP contribution in [0.5, 0.6) is 5.75 Å². The van der Waals surface area contributed by atoms with Gasteiger partial charge in [-0.2, -0.15) is 0 Å². The van der Waals surface area contributed by atoms with Gasteiger partial charge in [-0.15, -0.1) is 0 Å². The number of carbonyl (C=O) groups excluding carboxylic acids is 1. The Bertz CT molecular complexity index is 920. The monoisotopic (exact) mass is 454 g/mol. The number of carbonyl (C=O) groups is 1. The van der Waals surface area contributed by atoms with Crippen molar-refractivity contribution in [1.82, 2.24) is 4.72 Å². The molecule has 0 aliphatic heterocycles. The summed E-state index contributed by atoms with van der Waals surface area (Å²) in [5, 5.41) is 12.6. The van der Waals surface area contributed by atoms with Crippen molar-refractivity contribution in [2.24, 2.45) is 0 Å². The molecule has 0 radical (unpaired) electrons. The molecule has 2 aromatic carbocycles. The molecule has 2 aromatic rings. The predicted octanol–water partition coefficient (Wildman–Crippen LogP) is 3.76. The fraction of sp³-hybridized carbons (Fsp3) is 0.316. The lowest BCUT2D eigenvalue weighted by Gasteiger charge is -2.20. The van der Waals surface area contributed by atoms with E-state index >= 15 is 0 Å². The molecule has 3 N–H and O–H groups in total. The van der Waals surface area contributed by atoms with Crippen LogP contribution in [0.15, 0.2) is 51.8 Å². The number of phenols is 1. The second-order valence-corrected chi connectivity index (χ2v) is 9.81. The maximum Gasteiger partial charge on any atom is 0.240 e. The molecule has 0 unspecified atom stereocenters. The average Bonchev–Trinajstić information content (AvgIpc) is 2.56. The summed E-state index contributed by atoms with van der Waals surface area (Å²) in [6, 6.07) is 11.3. The molecule has 0 spiro atoms.